The summed E-state index contributed by atoms with van der Waals surface area (Å²) in [5, 5.41) is 2.91. The molecule has 92 valence electrons. The van der Waals surface area contributed by atoms with Gasteiger partial charge in [-0.1, -0.05) is 0 Å². The highest BCUT2D eigenvalue weighted by atomic mass is 127. The summed E-state index contributed by atoms with van der Waals surface area (Å²) >= 11 is 2.25. The van der Waals surface area contributed by atoms with E-state index >= 15 is 0 Å². The quantitative estimate of drug-likeness (QED) is 0.840. The lowest BCUT2D eigenvalue weighted by Crippen LogP contribution is -2.13. The second-order valence-electron chi connectivity index (χ2n) is 4.10. The van der Waals surface area contributed by atoms with Crippen molar-refractivity contribution in [1.29, 1.82) is 0 Å². The molecule has 1 heterocycles. The van der Waals surface area contributed by atoms with Gasteiger partial charge in [-0.15, -0.1) is 0 Å². The smallest absolute Gasteiger partial charge is 0.255 e. The molecule has 1 aromatic carbocycles. The van der Waals surface area contributed by atoms with E-state index in [2.05, 4.69) is 32.9 Å². The highest BCUT2D eigenvalue weighted by molar-refractivity contribution is 14.1. The molecule has 1 amide bonds. The van der Waals surface area contributed by atoms with Crippen LogP contribution in [0.2, 0.25) is 0 Å². The van der Waals surface area contributed by atoms with Crippen molar-refractivity contribution in [3.63, 3.8) is 0 Å². The van der Waals surface area contributed by atoms with Gasteiger partial charge in [0.2, 0.25) is 0 Å². The first-order valence-electron chi connectivity index (χ1n) is 5.56. The summed E-state index contributed by atoms with van der Waals surface area (Å²) in [5.41, 5.74) is 3.36. The van der Waals surface area contributed by atoms with Crippen LogP contribution >= 0.6 is 22.6 Å². The van der Waals surface area contributed by atoms with Gasteiger partial charge in [0.25, 0.3) is 5.91 Å². The Morgan fingerprint density at radius 3 is 2.67 bits per heavy atom. The number of nitrogens with zero attached hydrogens (tertiary/aromatic N) is 1. The molecule has 0 saturated heterocycles. The molecule has 0 saturated carbocycles. The number of nitrogens with one attached hydrogen (secondary N) is 1. The zero-order chi connectivity index (χ0) is 13.1. The van der Waals surface area contributed by atoms with Crippen LogP contribution in [-0.2, 0) is 0 Å². The molecule has 3 nitrogen and oxygen atoms in total. The Morgan fingerprint density at radius 1 is 1.22 bits per heavy atom. The molecule has 1 aromatic heterocycles. The molecular formula is C14H13IN2O. The Hall–Kier alpha value is -1.43. The Labute approximate surface area is 120 Å². The molecule has 0 radical (unpaired) electrons. The van der Waals surface area contributed by atoms with E-state index < -0.39 is 0 Å². The highest BCUT2D eigenvalue weighted by Gasteiger charge is 2.08. The molecule has 2 aromatic rings. The van der Waals surface area contributed by atoms with Gasteiger partial charge in [0.15, 0.2) is 0 Å². The van der Waals surface area contributed by atoms with Crippen molar-refractivity contribution in [1.82, 2.24) is 4.98 Å². The monoisotopic (exact) mass is 352 g/mol. The van der Waals surface area contributed by atoms with E-state index in [0.29, 0.717) is 5.56 Å². The summed E-state index contributed by atoms with van der Waals surface area (Å²) in [4.78, 5) is 16.1. The number of anilines is 1. The number of benzene rings is 1. The molecule has 0 aliphatic carbocycles. The van der Waals surface area contributed by atoms with E-state index in [4.69, 9.17) is 0 Å². The Kier molecular flexibility index (Phi) is 3.96. The molecule has 2 rings (SSSR count). The van der Waals surface area contributed by atoms with Gasteiger partial charge < -0.3 is 5.32 Å². The number of rotatable bonds is 2. The Morgan fingerprint density at radius 2 is 2.00 bits per heavy atom. The van der Waals surface area contributed by atoms with Crippen LogP contribution < -0.4 is 5.32 Å². The number of hydrogen-bond donors (Lipinski definition) is 1. The summed E-state index contributed by atoms with van der Waals surface area (Å²) in [6.07, 6.45) is 1.64. The fourth-order valence-corrected chi connectivity index (χ4v) is 2.30. The second-order valence-corrected chi connectivity index (χ2v) is 5.34. The molecule has 0 atom stereocenters. The number of halogens is 1. The van der Waals surface area contributed by atoms with Gasteiger partial charge in [-0.2, -0.15) is 0 Å². The van der Waals surface area contributed by atoms with E-state index in [1.165, 1.54) is 0 Å². The van der Waals surface area contributed by atoms with Crippen LogP contribution in [0.15, 0.2) is 36.5 Å². The largest absolute Gasteiger partial charge is 0.322 e. The van der Waals surface area contributed by atoms with Crippen LogP contribution in [0.5, 0.6) is 0 Å². The Bertz CT molecular complexity index is 596. The fraction of sp³-hybridized carbons (Fsp3) is 0.143. The number of aromatic nitrogens is 1. The third-order valence-electron chi connectivity index (χ3n) is 2.60. The zero-order valence-corrected chi connectivity index (χ0v) is 12.4. The molecule has 18 heavy (non-hydrogen) atoms. The van der Waals surface area contributed by atoms with E-state index in [-0.39, 0.29) is 5.91 Å². The summed E-state index contributed by atoms with van der Waals surface area (Å²) in [6, 6.07) is 9.42. The highest BCUT2D eigenvalue weighted by Crippen LogP contribution is 2.18. The van der Waals surface area contributed by atoms with Gasteiger partial charge >= 0.3 is 0 Å². The summed E-state index contributed by atoms with van der Waals surface area (Å²) < 4.78 is 1.16. The average Bonchev–Trinajstić information content (AvgIpc) is 2.32. The first-order chi connectivity index (χ1) is 8.56. The number of carbonyl (C=O) groups excluding carboxylic acids is 1. The lowest BCUT2D eigenvalue weighted by Gasteiger charge is -2.09. The molecule has 0 spiro atoms. The average molecular weight is 352 g/mol. The first kappa shape index (κ1) is 13.0. The van der Waals surface area contributed by atoms with E-state index in [9.17, 15) is 4.79 Å². The zero-order valence-electron chi connectivity index (χ0n) is 10.2. The van der Waals surface area contributed by atoms with Crippen molar-refractivity contribution in [2.24, 2.45) is 0 Å². The van der Waals surface area contributed by atoms with Crippen molar-refractivity contribution in [3.8, 4) is 0 Å². The molecule has 0 bridgehead atoms. The van der Waals surface area contributed by atoms with Crippen molar-refractivity contribution >= 4 is 34.2 Å². The summed E-state index contributed by atoms with van der Waals surface area (Å²) in [6.45, 7) is 3.85. The van der Waals surface area contributed by atoms with E-state index in [0.717, 1.165) is 20.5 Å². The molecule has 1 N–H and O–H groups in total. The minimum absolute atomic E-state index is 0.107. The molecule has 4 heteroatoms. The van der Waals surface area contributed by atoms with Gasteiger partial charge in [-0.3, -0.25) is 9.78 Å². The number of hydrogen-bond acceptors (Lipinski definition) is 2. The summed E-state index contributed by atoms with van der Waals surface area (Å²) in [5.74, 6) is -0.107. The number of pyridine rings is 1. The number of amides is 1. The van der Waals surface area contributed by atoms with Crippen molar-refractivity contribution in [3.05, 3.63) is 56.9 Å². The van der Waals surface area contributed by atoms with Gasteiger partial charge in [0.05, 0.1) is 0 Å². The lowest BCUT2D eigenvalue weighted by atomic mass is 10.1. The van der Waals surface area contributed by atoms with E-state index in [1.807, 2.05) is 32.0 Å². The van der Waals surface area contributed by atoms with Crippen LogP contribution in [0.3, 0.4) is 0 Å². The maximum absolute atomic E-state index is 12.1. The summed E-state index contributed by atoms with van der Waals surface area (Å²) in [7, 11) is 0. The van der Waals surface area contributed by atoms with Crippen LogP contribution in [-0.4, -0.2) is 10.9 Å². The first-order valence-corrected chi connectivity index (χ1v) is 6.64. The Balaban J connectivity index is 2.21. The normalized spacial score (nSPS) is 10.2. The molecule has 0 aliphatic heterocycles. The van der Waals surface area contributed by atoms with Crippen LogP contribution in [0, 0.1) is 17.4 Å². The molecule has 0 aliphatic rings. The third kappa shape index (κ3) is 3.07. The standard InChI is InChI=1S/C14H13IN2O/c1-9-7-12(15)3-4-13(9)17-14(18)11-5-6-16-10(2)8-11/h3-8H,1-2H3,(H,17,18). The lowest BCUT2D eigenvalue weighted by molar-refractivity contribution is 0.102. The maximum atomic E-state index is 12.1. The predicted octanol–water partition coefficient (Wildman–Crippen LogP) is 3.56. The van der Waals surface area contributed by atoms with Crippen LogP contribution in [0.25, 0.3) is 0 Å². The minimum atomic E-state index is -0.107. The predicted molar refractivity (Wildman–Crippen MR) is 80.8 cm³/mol. The van der Waals surface area contributed by atoms with E-state index in [1.54, 1.807) is 18.3 Å². The molecular weight excluding hydrogens is 339 g/mol. The van der Waals surface area contributed by atoms with Gasteiger partial charge in [0, 0.05) is 26.7 Å². The minimum Gasteiger partial charge on any atom is -0.322 e. The molecule has 0 fully saturated rings. The number of carbonyl (C=O) groups is 1. The van der Waals surface area contributed by atoms with Gasteiger partial charge in [-0.25, -0.2) is 0 Å². The fourth-order valence-electron chi connectivity index (χ4n) is 1.65. The maximum Gasteiger partial charge on any atom is 0.255 e. The van der Waals surface area contributed by atoms with Crippen LogP contribution in [0.1, 0.15) is 21.6 Å². The van der Waals surface area contributed by atoms with Crippen molar-refractivity contribution in [2.45, 2.75) is 13.8 Å². The number of aryl methyl sites for hydroxylation is 2. The SMILES string of the molecule is Cc1cc(C(=O)Nc2ccc(I)cc2C)ccn1. The van der Waals surface area contributed by atoms with Gasteiger partial charge in [-0.05, 0) is 72.3 Å². The van der Waals surface area contributed by atoms with Crippen molar-refractivity contribution in [2.75, 3.05) is 5.32 Å². The molecule has 0 unspecified atom stereocenters. The van der Waals surface area contributed by atoms with Crippen molar-refractivity contribution < 1.29 is 4.79 Å². The van der Waals surface area contributed by atoms with Crippen LogP contribution in [0.4, 0.5) is 5.69 Å². The third-order valence-corrected chi connectivity index (χ3v) is 3.27. The topological polar surface area (TPSA) is 42.0 Å². The van der Waals surface area contributed by atoms with Gasteiger partial charge in [0.1, 0.15) is 0 Å². The second kappa shape index (κ2) is 5.48.